The van der Waals surface area contributed by atoms with Gasteiger partial charge in [0.05, 0.1) is 17.4 Å². The maximum atomic E-state index is 12.9. The number of rotatable bonds is 5. The van der Waals surface area contributed by atoms with E-state index in [1.807, 2.05) is 0 Å². The Bertz CT molecular complexity index is 933. The number of halogens is 4. The lowest BCUT2D eigenvalue weighted by atomic mass is 10.1. The Labute approximate surface area is 151 Å². The fourth-order valence-corrected chi connectivity index (χ4v) is 2.45. The maximum Gasteiger partial charge on any atom is 0.418 e. The highest BCUT2D eigenvalue weighted by Crippen LogP contribution is 2.34. The molecule has 4 nitrogen and oxygen atoms in total. The average molecular weight is 378 g/mol. The minimum Gasteiger partial charge on any atom is -0.441 e. The van der Waals surface area contributed by atoms with Gasteiger partial charge in [-0.3, -0.25) is 4.79 Å². The molecule has 0 aliphatic carbocycles. The fourth-order valence-electron chi connectivity index (χ4n) is 2.45. The monoisotopic (exact) mass is 378 g/mol. The molecule has 0 saturated carbocycles. The molecule has 3 rings (SSSR count). The number of anilines is 1. The molecule has 27 heavy (non-hydrogen) atoms. The summed E-state index contributed by atoms with van der Waals surface area (Å²) in [5, 5.41) is 2.26. The van der Waals surface area contributed by atoms with Crippen molar-refractivity contribution in [1.29, 1.82) is 0 Å². The molecule has 8 heteroatoms. The van der Waals surface area contributed by atoms with E-state index in [9.17, 15) is 22.4 Å². The van der Waals surface area contributed by atoms with Crippen LogP contribution in [0.1, 0.15) is 17.9 Å². The number of amides is 1. The first-order chi connectivity index (χ1) is 12.8. The molecule has 0 fully saturated rings. The number of hydrogen-bond acceptors (Lipinski definition) is 3. The second kappa shape index (κ2) is 7.61. The Balaban J connectivity index is 1.61. The molecule has 0 aliphatic rings. The normalized spacial score (nSPS) is 11.4. The fraction of sp³-hybridized carbons (Fsp3) is 0.158. The molecule has 1 aromatic heterocycles. The van der Waals surface area contributed by atoms with Gasteiger partial charge in [-0.1, -0.05) is 12.1 Å². The molecule has 2 aromatic carbocycles. The molecular weight excluding hydrogens is 364 g/mol. The molecule has 0 aliphatic heterocycles. The van der Waals surface area contributed by atoms with Crippen LogP contribution < -0.4 is 5.32 Å². The molecular formula is C19H14F4N2O2. The Morgan fingerprint density at radius 3 is 2.48 bits per heavy atom. The third-order valence-electron chi connectivity index (χ3n) is 3.75. The van der Waals surface area contributed by atoms with Gasteiger partial charge in [0.1, 0.15) is 5.82 Å². The lowest BCUT2D eigenvalue weighted by Crippen LogP contribution is -2.16. The van der Waals surface area contributed by atoms with Gasteiger partial charge in [0.25, 0.3) is 0 Å². The summed E-state index contributed by atoms with van der Waals surface area (Å²) in [6.07, 6.45) is -3.10. The molecule has 1 amide bonds. The number of alkyl halides is 3. The number of carbonyl (C=O) groups excluding carboxylic acids is 1. The van der Waals surface area contributed by atoms with Gasteiger partial charge in [-0.05, 0) is 36.4 Å². The highest BCUT2D eigenvalue weighted by molar-refractivity contribution is 5.91. The molecule has 3 aromatic rings. The Morgan fingerprint density at radius 1 is 1.07 bits per heavy atom. The standard InChI is InChI=1S/C19H14F4N2O2/c20-13-7-5-12(6-8-13)16-11-24-18(27-16)10-9-17(26)25-15-4-2-1-3-14(15)19(21,22)23/h1-8,11H,9-10H2,(H,25,26). The average Bonchev–Trinajstić information content (AvgIpc) is 3.09. The van der Waals surface area contributed by atoms with E-state index in [4.69, 9.17) is 4.42 Å². The van der Waals surface area contributed by atoms with Gasteiger partial charge in [-0.15, -0.1) is 0 Å². The first-order valence-electron chi connectivity index (χ1n) is 7.99. The summed E-state index contributed by atoms with van der Waals surface area (Å²) in [4.78, 5) is 16.0. The lowest BCUT2D eigenvalue weighted by molar-refractivity contribution is -0.137. The highest BCUT2D eigenvalue weighted by atomic mass is 19.4. The molecule has 0 bridgehead atoms. The minimum atomic E-state index is -4.56. The van der Waals surface area contributed by atoms with Crippen LogP contribution in [0.3, 0.4) is 0 Å². The van der Waals surface area contributed by atoms with Gasteiger partial charge in [0.2, 0.25) is 5.91 Å². The largest absolute Gasteiger partial charge is 0.441 e. The van der Waals surface area contributed by atoms with E-state index in [0.29, 0.717) is 11.3 Å². The smallest absolute Gasteiger partial charge is 0.418 e. The van der Waals surface area contributed by atoms with Gasteiger partial charge in [0.15, 0.2) is 11.7 Å². The summed E-state index contributed by atoms with van der Waals surface area (Å²) >= 11 is 0. The topological polar surface area (TPSA) is 55.1 Å². The van der Waals surface area contributed by atoms with E-state index < -0.39 is 17.6 Å². The number of nitrogens with zero attached hydrogens (tertiary/aromatic N) is 1. The van der Waals surface area contributed by atoms with E-state index in [-0.39, 0.29) is 30.2 Å². The van der Waals surface area contributed by atoms with Crippen molar-refractivity contribution in [2.24, 2.45) is 0 Å². The van der Waals surface area contributed by atoms with E-state index in [1.54, 1.807) is 0 Å². The summed E-state index contributed by atoms with van der Waals surface area (Å²) in [5.74, 6) is -0.302. The molecule has 1 heterocycles. The Kier molecular flexibility index (Phi) is 5.25. The van der Waals surface area contributed by atoms with Crippen molar-refractivity contribution in [3.63, 3.8) is 0 Å². The Hall–Kier alpha value is -3.16. The molecule has 1 N–H and O–H groups in total. The van der Waals surface area contributed by atoms with E-state index in [1.165, 1.54) is 48.7 Å². The van der Waals surface area contributed by atoms with Crippen molar-refractivity contribution in [2.75, 3.05) is 5.32 Å². The minimum absolute atomic E-state index is 0.102. The van der Waals surface area contributed by atoms with Crippen molar-refractivity contribution in [1.82, 2.24) is 4.98 Å². The Morgan fingerprint density at radius 2 is 1.78 bits per heavy atom. The van der Waals surface area contributed by atoms with Crippen LogP contribution >= 0.6 is 0 Å². The first kappa shape index (κ1) is 18.6. The van der Waals surface area contributed by atoms with Crippen LogP contribution in [0.15, 0.2) is 59.1 Å². The number of aryl methyl sites for hydroxylation is 1. The second-order valence-electron chi connectivity index (χ2n) is 5.72. The van der Waals surface area contributed by atoms with Crippen LogP contribution in [0.5, 0.6) is 0 Å². The number of oxazole rings is 1. The van der Waals surface area contributed by atoms with Gasteiger partial charge in [-0.2, -0.15) is 13.2 Å². The number of nitrogens with one attached hydrogen (secondary N) is 1. The van der Waals surface area contributed by atoms with Crippen LogP contribution in [0, 0.1) is 5.82 Å². The van der Waals surface area contributed by atoms with Gasteiger partial charge in [0, 0.05) is 18.4 Å². The summed E-state index contributed by atoms with van der Waals surface area (Å²) in [5.41, 5.74) is -0.582. The van der Waals surface area contributed by atoms with Crippen molar-refractivity contribution in [3.8, 4) is 11.3 Å². The number of hydrogen-bond donors (Lipinski definition) is 1. The van der Waals surface area contributed by atoms with Crippen LogP contribution in [-0.4, -0.2) is 10.9 Å². The van der Waals surface area contributed by atoms with Crippen LogP contribution in [-0.2, 0) is 17.4 Å². The van der Waals surface area contributed by atoms with E-state index >= 15 is 0 Å². The molecule has 0 radical (unpaired) electrons. The zero-order chi connectivity index (χ0) is 19.4. The zero-order valence-electron chi connectivity index (χ0n) is 13.9. The van der Waals surface area contributed by atoms with Gasteiger partial charge < -0.3 is 9.73 Å². The SMILES string of the molecule is O=C(CCc1ncc(-c2ccc(F)cc2)o1)Nc1ccccc1C(F)(F)F. The predicted octanol–water partition coefficient (Wildman–Crippen LogP) is 5.07. The lowest BCUT2D eigenvalue weighted by Gasteiger charge is -2.13. The molecule has 0 atom stereocenters. The van der Waals surface area contributed by atoms with Crippen molar-refractivity contribution >= 4 is 11.6 Å². The predicted molar refractivity (Wildman–Crippen MR) is 90.3 cm³/mol. The summed E-state index contributed by atoms with van der Waals surface area (Å²) in [6.45, 7) is 0. The first-order valence-corrected chi connectivity index (χ1v) is 7.99. The van der Waals surface area contributed by atoms with Crippen LogP contribution in [0.25, 0.3) is 11.3 Å². The van der Waals surface area contributed by atoms with Crippen LogP contribution in [0.4, 0.5) is 23.2 Å². The van der Waals surface area contributed by atoms with E-state index in [0.717, 1.165) is 6.07 Å². The summed E-state index contributed by atoms with van der Waals surface area (Å²) in [6, 6.07) is 10.4. The molecule has 140 valence electrons. The number of aromatic nitrogens is 1. The molecule has 0 spiro atoms. The number of para-hydroxylation sites is 1. The molecule has 0 saturated heterocycles. The van der Waals surface area contributed by atoms with Gasteiger partial charge in [-0.25, -0.2) is 9.37 Å². The van der Waals surface area contributed by atoms with Crippen molar-refractivity contribution in [3.05, 3.63) is 72.0 Å². The highest BCUT2D eigenvalue weighted by Gasteiger charge is 2.33. The van der Waals surface area contributed by atoms with Crippen molar-refractivity contribution < 1.29 is 26.8 Å². The number of carbonyl (C=O) groups is 1. The summed E-state index contributed by atoms with van der Waals surface area (Å²) < 4.78 is 57.2. The zero-order valence-corrected chi connectivity index (χ0v) is 13.9. The van der Waals surface area contributed by atoms with E-state index in [2.05, 4.69) is 10.3 Å². The summed E-state index contributed by atoms with van der Waals surface area (Å²) in [7, 11) is 0. The maximum absolute atomic E-state index is 12.9. The third kappa shape index (κ3) is 4.72. The van der Waals surface area contributed by atoms with Crippen molar-refractivity contribution in [2.45, 2.75) is 19.0 Å². The number of benzene rings is 2. The van der Waals surface area contributed by atoms with Gasteiger partial charge >= 0.3 is 6.18 Å². The quantitative estimate of drug-likeness (QED) is 0.631. The second-order valence-corrected chi connectivity index (χ2v) is 5.72. The van der Waals surface area contributed by atoms with Crippen LogP contribution in [0.2, 0.25) is 0 Å². The third-order valence-corrected chi connectivity index (χ3v) is 3.75. The molecule has 0 unspecified atom stereocenters.